The first-order chi connectivity index (χ1) is 6.90. The second kappa shape index (κ2) is 3.87. The maximum atomic E-state index is 10.2. The highest BCUT2D eigenvalue weighted by Crippen LogP contribution is 2.17. The van der Waals surface area contributed by atoms with E-state index in [1.807, 2.05) is 30.3 Å². The molecule has 0 saturated carbocycles. The van der Waals surface area contributed by atoms with E-state index >= 15 is 0 Å². The zero-order chi connectivity index (χ0) is 9.80. The summed E-state index contributed by atoms with van der Waals surface area (Å²) in [6.07, 6.45) is 2.62. The van der Waals surface area contributed by atoms with Crippen molar-refractivity contribution < 1.29 is 9.21 Å². The third-order valence-electron chi connectivity index (χ3n) is 1.86. The van der Waals surface area contributed by atoms with Crippen molar-refractivity contribution in [3.8, 4) is 11.5 Å². The average Bonchev–Trinajstić information content (AvgIpc) is 2.68. The highest BCUT2D eigenvalue weighted by Gasteiger charge is 2.04. The lowest BCUT2D eigenvalue weighted by Crippen LogP contribution is -1.85. The van der Waals surface area contributed by atoms with Gasteiger partial charge in [0.25, 0.3) is 0 Å². The van der Waals surface area contributed by atoms with E-state index in [0.717, 1.165) is 11.8 Å². The van der Waals surface area contributed by atoms with Crippen LogP contribution in [0.15, 0.2) is 41.0 Å². The quantitative estimate of drug-likeness (QED) is 0.691. The maximum Gasteiger partial charge on any atom is 0.226 e. The molecule has 0 fully saturated rings. The molecule has 0 spiro atoms. The third-order valence-corrected chi connectivity index (χ3v) is 1.86. The van der Waals surface area contributed by atoms with Crippen molar-refractivity contribution in [3.05, 3.63) is 42.3 Å². The molecule has 0 amide bonds. The average molecular weight is 187 g/mol. The first-order valence-electron chi connectivity index (χ1n) is 4.33. The summed E-state index contributed by atoms with van der Waals surface area (Å²) in [5.41, 5.74) is 1.59. The number of hydrogen-bond acceptors (Lipinski definition) is 3. The lowest BCUT2D eigenvalue weighted by atomic mass is 10.2. The number of aldehydes is 1. The summed E-state index contributed by atoms with van der Waals surface area (Å²) in [7, 11) is 0. The summed E-state index contributed by atoms with van der Waals surface area (Å²) in [5, 5.41) is 0. The summed E-state index contributed by atoms with van der Waals surface area (Å²) in [5.74, 6) is 0.558. The number of carbonyl (C=O) groups is 1. The number of aromatic nitrogens is 1. The van der Waals surface area contributed by atoms with Gasteiger partial charge in [0.05, 0.1) is 5.69 Å². The predicted molar refractivity (Wildman–Crippen MR) is 51.7 cm³/mol. The number of oxazole rings is 1. The summed E-state index contributed by atoms with van der Waals surface area (Å²) in [6.45, 7) is 0. The molecule has 0 aliphatic rings. The Kier molecular flexibility index (Phi) is 2.40. The van der Waals surface area contributed by atoms with Crippen molar-refractivity contribution in [2.75, 3.05) is 0 Å². The van der Waals surface area contributed by atoms with E-state index in [0.29, 0.717) is 18.0 Å². The SMILES string of the molecule is O=CCc1coc(-c2ccccc2)n1. The summed E-state index contributed by atoms with van der Waals surface area (Å²) >= 11 is 0. The molecule has 1 aromatic heterocycles. The number of benzene rings is 1. The van der Waals surface area contributed by atoms with E-state index < -0.39 is 0 Å². The standard InChI is InChI=1S/C11H9NO2/c13-7-6-10-8-14-11(12-10)9-4-2-1-3-5-9/h1-5,7-8H,6H2. The second-order valence-corrected chi connectivity index (χ2v) is 2.88. The predicted octanol–water partition coefficient (Wildman–Crippen LogP) is 2.08. The van der Waals surface area contributed by atoms with E-state index in [9.17, 15) is 4.79 Å². The zero-order valence-corrected chi connectivity index (χ0v) is 7.51. The molecule has 0 N–H and O–H groups in total. The summed E-state index contributed by atoms with van der Waals surface area (Å²) < 4.78 is 5.23. The molecule has 0 aliphatic carbocycles. The maximum absolute atomic E-state index is 10.2. The molecule has 0 unspecified atom stereocenters. The normalized spacial score (nSPS) is 10.0. The lowest BCUT2D eigenvalue weighted by molar-refractivity contribution is -0.107. The molecule has 1 heterocycles. The highest BCUT2D eigenvalue weighted by atomic mass is 16.3. The molecule has 3 nitrogen and oxygen atoms in total. The zero-order valence-electron chi connectivity index (χ0n) is 7.51. The topological polar surface area (TPSA) is 43.1 Å². The van der Waals surface area contributed by atoms with E-state index in [2.05, 4.69) is 4.98 Å². The largest absolute Gasteiger partial charge is 0.444 e. The van der Waals surface area contributed by atoms with Crippen LogP contribution in [-0.4, -0.2) is 11.3 Å². The van der Waals surface area contributed by atoms with Gasteiger partial charge in [-0.2, -0.15) is 0 Å². The van der Waals surface area contributed by atoms with Crippen LogP contribution in [0.3, 0.4) is 0 Å². The van der Waals surface area contributed by atoms with Gasteiger partial charge in [-0.15, -0.1) is 0 Å². The van der Waals surface area contributed by atoms with Gasteiger partial charge in [-0.25, -0.2) is 4.98 Å². The first kappa shape index (κ1) is 8.69. The minimum Gasteiger partial charge on any atom is -0.444 e. The highest BCUT2D eigenvalue weighted by molar-refractivity contribution is 5.56. The number of carbonyl (C=O) groups excluding carboxylic acids is 1. The molecule has 2 rings (SSSR count). The van der Waals surface area contributed by atoms with Gasteiger partial charge in [0, 0.05) is 12.0 Å². The molecule has 70 valence electrons. The minimum absolute atomic E-state index is 0.302. The van der Waals surface area contributed by atoms with Crippen LogP contribution in [0.2, 0.25) is 0 Å². The Labute approximate surface area is 81.4 Å². The van der Waals surface area contributed by atoms with Crippen LogP contribution < -0.4 is 0 Å². The Balaban J connectivity index is 2.29. The lowest BCUT2D eigenvalue weighted by Gasteiger charge is -1.91. The number of hydrogen-bond donors (Lipinski definition) is 0. The van der Waals surface area contributed by atoms with Crippen LogP contribution in [0.4, 0.5) is 0 Å². The monoisotopic (exact) mass is 187 g/mol. The Morgan fingerprint density at radius 1 is 1.29 bits per heavy atom. The fourth-order valence-electron chi connectivity index (χ4n) is 1.20. The Bertz CT molecular complexity index is 420. The molecule has 14 heavy (non-hydrogen) atoms. The van der Waals surface area contributed by atoms with Crippen molar-refractivity contribution in [1.29, 1.82) is 0 Å². The van der Waals surface area contributed by atoms with Crippen LogP contribution in [0, 0.1) is 0 Å². The van der Waals surface area contributed by atoms with Crippen LogP contribution >= 0.6 is 0 Å². The van der Waals surface area contributed by atoms with Crippen molar-refractivity contribution >= 4 is 6.29 Å². The Hall–Kier alpha value is -1.90. The van der Waals surface area contributed by atoms with E-state index in [-0.39, 0.29) is 0 Å². The van der Waals surface area contributed by atoms with Crippen LogP contribution in [0.1, 0.15) is 5.69 Å². The van der Waals surface area contributed by atoms with E-state index in [1.54, 1.807) is 0 Å². The smallest absolute Gasteiger partial charge is 0.226 e. The van der Waals surface area contributed by atoms with Gasteiger partial charge in [-0.05, 0) is 12.1 Å². The van der Waals surface area contributed by atoms with Gasteiger partial charge in [-0.1, -0.05) is 18.2 Å². The fraction of sp³-hybridized carbons (Fsp3) is 0.0909. The van der Waals surface area contributed by atoms with Gasteiger partial charge in [-0.3, -0.25) is 0 Å². The molecule has 0 aliphatic heterocycles. The van der Waals surface area contributed by atoms with Gasteiger partial charge < -0.3 is 9.21 Å². The number of rotatable bonds is 3. The van der Waals surface area contributed by atoms with Crippen LogP contribution in [-0.2, 0) is 11.2 Å². The Morgan fingerprint density at radius 2 is 2.07 bits per heavy atom. The number of nitrogens with zero attached hydrogens (tertiary/aromatic N) is 1. The van der Waals surface area contributed by atoms with E-state index in [1.165, 1.54) is 6.26 Å². The minimum atomic E-state index is 0.302. The fourth-order valence-corrected chi connectivity index (χ4v) is 1.20. The molecular weight excluding hydrogens is 178 g/mol. The van der Waals surface area contributed by atoms with Gasteiger partial charge in [0.2, 0.25) is 5.89 Å². The van der Waals surface area contributed by atoms with Crippen molar-refractivity contribution in [3.63, 3.8) is 0 Å². The molecule has 3 heteroatoms. The van der Waals surface area contributed by atoms with Crippen LogP contribution in [0.25, 0.3) is 11.5 Å². The summed E-state index contributed by atoms with van der Waals surface area (Å²) in [6, 6.07) is 9.59. The second-order valence-electron chi connectivity index (χ2n) is 2.88. The van der Waals surface area contributed by atoms with Gasteiger partial charge in [0.15, 0.2) is 0 Å². The van der Waals surface area contributed by atoms with Gasteiger partial charge >= 0.3 is 0 Å². The molecule has 0 radical (unpaired) electrons. The molecule has 2 aromatic rings. The molecule has 1 aromatic carbocycles. The molecule has 0 atom stereocenters. The molecular formula is C11H9NO2. The van der Waals surface area contributed by atoms with Gasteiger partial charge in [0.1, 0.15) is 12.5 Å². The first-order valence-corrected chi connectivity index (χ1v) is 4.33. The van der Waals surface area contributed by atoms with Crippen molar-refractivity contribution in [2.45, 2.75) is 6.42 Å². The van der Waals surface area contributed by atoms with Crippen molar-refractivity contribution in [2.24, 2.45) is 0 Å². The molecule has 0 bridgehead atoms. The summed E-state index contributed by atoms with van der Waals surface area (Å²) in [4.78, 5) is 14.4. The molecule has 0 saturated heterocycles. The third kappa shape index (κ3) is 1.71. The Morgan fingerprint density at radius 3 is 2.79 bits per heavy atom. The van der Waals surface area contributed by atoms with E-state index in [4.69, 9.17) is 4.42 Å². The van der Waals surface area contributed by atoms with Crippen LogP contribution in [0.5, 0.6) is 0 Å². The van der Waals surface area contributed by atoms with Crippen molar-refractivity contribution in [1.82, 2.24) is 4.98 Å².